The van der Waals surface area contributed by atoms with Gasteiger partial charge in [-0.25, -0.2) is 9.97 Å². The minimum atomic E-state index is -0.615. The fraction of sp³-hybridized carbons (Fsp3) is 0.600. The van der Waals surface area contributed by atoms with Gasteiger partial charge >= 0.3 is 0 Å². The third-order valence-corrected chi connectivity index (χ3v) is 7.28. The van der Waals surface area contributed by atoms with Crippen LogP contribution in [-0.4, -0.2) is 88.6 Å². The van der Waals surface area contributed by atoms with E-state index in [1.54, 1.807) is 17.2 Å². The zero-order valence-corrected chi connectivity index (χ0v) is 23.1. The summed E-state index contributed by atoms with van der Waals surface area (Å²) in [5.74, 6) is 1.77. The van der Waals surface area contributed by atoms with Gasteiger partial charge in [-0.3, -0.25) is 9.13 Å². The van der Waals surface area contributed by atoms with Crippen LogP contribution in [0.2, 0.25) is 0 Å². The van der Waals surface area contributed by atoms with E-state index in [-0.39, 0.29) is 37.2 Å². The molecule has 2 aliphatic carbocycles. The highest BCUT2D eigenvalue weighted by Crippen LogP contribution is 2.32. The summed E-state index contributed by atoms with van der Waals surface area (Å²) < 4.78 is 25.9. The lowest BCUT2D eigenvalue weighted by Crippen LogP contribution is -2.15. The van der Waals surface area contributed by atoms with Crippen molar-refractivity contribution in [2.24, 2.45) is 0 Å². The van der Waals surface area contributed by atoms with Crippen LogP contribution >= 0.6 is 0 Å². The van der Waals surface area contributed by atoms with Gasteiger partial charge in [0.1, 0.15) is 0 Å². The number of aliphatic hydroxyl groups is 1. The molecule has 2 unspecified atom stereocenters. The predicted octanol–water partition coefficient (Wildman–Crippen LogP) is 1.11. The summed E-state index contributed by atoms with van der Waals surface area (Å²) in [6, 6.07) is 0.917. The van der Waals surface area contributed by atoms with Crippen molar-refractivity contribution < 1.29 is 24.1 Å². The summed E-state index contributed by atoms with van der Waals surface area (Å²) in [7, 11) is 0. The lowest BCUT2D eigenvalue weighted by atomic mass is 10.4. The van der Waals surface area contributed by atoms with Crippen molar-refractivity contribution in [3.05, 3.63) is 12.7 Å². The second-order valence-electron chi connectivity index (χ2n) is 10.6. The van der Waals surface area contributed by atoms with Gasteiger partial charge in [-0.05, 0) is 32.1 Å². The number of imidazole rings is 2. The lowest BCUT2D eigenvalue weighted by molar-refractivity contribution is -0.0980. The van der Waals surface area contributed by atoms with Gasteiger partial charge in [0.25, 0.3) is 0 Å². The molecule has 4 atom stereocenters. The number of hydrogen-bond donors (Lipinski definition) is 5. The molecule has 0 radical (unpaired) electrons. The average Bonchev–Trinajstić information content (AvgIpc) is 3.70. The van der Waals surface area contributed by atoms with Crippen LogP contribution in [0.3, 0.4) is 0 Å². The maximum absolute atomic E-state index is 9.06. The van der Waals surface area contributed by atoms with E-state index in [4.69, 9.17) is 35.5 Å². The van der Waals surface area contributed by atoms with Crippen molar-refractivity contribution in [2.45, 2.75) is 76.1 Å². The number of nitrogens with two attached hydrogens (primary N) is 2. The number of fused-ring (bicyclic) bond motifs is 2. The highest BCUT2D eigenvalue weighted by molar-refractivity contribution is 5.85. The summed E-state index contributed by atoms with van der Waals surface area (Å²) in [6.07, 6.45) is 7.34. The number of aromatic nitrogens is 8. The fourth-order valence-corrected chi connectivity index (χ4v) is 4.82. The number of ether oxygens (including phenoxy) is 4. The molecule has 0 amide bonds. The van der Waals surface area contributed by atoms with Crippen LogP contribution in [-0.2, 0) is 18.9 Å². The van der Waals surface area contributed by atoms with Gasteiger partial charge < -0.3 is 46.2 Å². The van der Waals surface area contributed by atoms with Gasteiger partial charge in [-0.15, -0.1) is 0 Å². The molecule has 2 aliphatic heterocycles. The molecule has 4 aromatic heterocycles. The fourth-order valence-electron chi connectivity index (χ4n) is 4.82. The van der Waals surface area contributed by atoms with E-state index in [9.17, 15) is 0 Å². The Morgan fingerprint density at radius 3 is 1.67 bits per heavy atom. The Bertz CT molecular complexity index is 1450. The van der Waals surface area contributed by atoms with Crippen molar-refractivity contribution in [3.8, 4) is 0 Å². The summed E-state index contributed by atoms with van der Waals surface area (Å²) in [5, 5.41) is 15.7. The molecule has 2 saturated carbocycles. The molecule has 0 spiro atoms. The third kappa shape index (κ3) is 5.48. The normalized spacial score (nSPS) is 25.6. The second-order valence-corrected chi connectivity index (χ2v) is 10.6. The smallest absolute Gasteiger partial charge is 0.224 e. The quantitative estimate of drug-likeness (QED) is 0.196. The van der Waals surface area contributed by atoms with Crippen molar-refractivity contribution in [2.75, 3.05) is 41.9 Å². The van der Waals surface area contributed by atoms with Crippen LogP contribution in [0.1, 0.15) is 51.5 Å². The van der Waals surface area contributed by atoms with Crippen LogP contribution in [0, 0.1) is 0 Å². The van der Waals surface area contributed by atoms with Crippen LogP contribution in [0.15, 0.2) is 12.7 Å². The molecule has 224 valence electrons. The maximum Gasteiger partial charge on any atom is 0.224 e. The molecule has 4 aromatic rings. The standard InChI is InChI=1S/C13H18N6O2.C12H16N6O3/c1-2-9-20-5-8(21-9)19-6-15-10-11(16-7-3-4-7)17-13(14)18-12(10)19;13-12-16-10(15-6-1-2-6)9-11(17-12)18(5-14-9)7-4-20-8(3-19)21-7/h6-9H,2-5H2,1H3,(H3,14,16,17,18);5-8,19H,1-4H2,(H3,13,15,16,17)/t8?,9-;7?,8-/m11/s1. The topological polar surface area (TPSA) is 220 Å². The molecule has 7 N–H and O–H groups in total. The number of hydrogen-bond acceptors (Lipinski definition) is 15. The van der Waals surface area contributed by atoms with Crippen LogP contribution in [0.5, 0.6) is 0 Å². The Balaban J connectivity index is 0.000000137. The molecule has 0 aromatic carbocycles. The Hall–Kier alpha value is -3.90. The van der Waals surface area contributed by atoms with Gasteiger partial charge in [0.15, 0.2) is 59.0 Å². The molecule has 6 heterocycles. The average molecular weight is 583 g/mol. The van der Waals surface area contributed by atoms with Gasteiger partial charge in [0, 0.05) is 12.1 Å². The number of aliphatic hydroxyl groups excluding tert-OH is 1. The van der Waals surface area contributed by atoms with Gasteiger partial charge in [0.2, 0.25) is 11.9 Å². The van der Waals surface area contributed by atoms with E-state index in [2.05, 4.69) is 40.5 Å². The van der Waals surface area contributed by atoms with Gasteiger partial charge in [-0.2, -0.15) is 19.9 Å². The first-order valence-corrected chi connectivity index (χ1v) is 14.2. The highest BCUT2D eigenvalue weighted by Gasteiger charge is 2.31. The summed E-state index contributed by atoms with van der Waals surface area (Å²) in [6.45, 7) is 2.65. The second kappa shape index (κ2) is 11.1. The first kappa shape index (κ1) is 27.0. The predicted molar refractivity (Wildman–Crippen MR) is 150 cm³/mol. The van der Waals surface area contributed by atoms with E-state index >= 15 is 0 Å². The molecule has 4 aliphatic rings. The number of rotatable bonds is 8. The Morgan fingerprint density at radius 1 is 0.786 bits per heavy atom. The van der Waals surface area contributed by atoms with Crippen LogP contribution in [0.25, 0.3) is 22.3 Å². The Labute approximate surface area is 239 Å². The van der Waals surface area contributed by atoms with E-state index < -0.39 is 6.29 Å². The molecule has 2 saturated heterocycles. The molecule has 8 rings (SSSR count). The van der Waals surface area contributed by atoms with Crippen molar-refractivity contribution in [1.29, 1.82) is 0 Å². The summed E-state index contributed by atoms with van der Waals surface area (Å²) in [5.41, 5.74) is 14.3. The van der Waals surface area contributed by atoms with E-state index in [1.165, 1.54) is 0 Å². The van der Waals surface area contributed by atoms with Crippen LogP contribution in [0.4, 0.5) is 23.5 Å². The van der Waals surface area contributed by atoms with E-state index in [0.717, 1.165) is 37.6 Å². The molecule has 17 heteroatoms. The number of nitrogens with zero attached hydrogens (tertiary/aromatic N) is 8. The summed E-state index contributed by atoms with van der Waals surface area (Å²) >= 11 is 0. The van der Waals surface area contributed by atoms with E-state index in [1.807, 2.05) is 11.5 Å². The SMILES string of the molecule is CC[C@@H]1OCC(n2cnc3c(NC4CC4)nc(N)nc32)O1.Nc1nc(NC2CC2)c2ncn(C3CO[C@@H](CO)O3)c2n1. The monoisotopic (exact) mass is 582 g/mol. The summed E-state index contributed by atoms with van der Waals surface area (Å²) in [4.78, 5) is 25.8. The molecule has 17 nitrogen and oxygen atoms in total. The Kier molecular flexibility index (Phi) is 7.10. The van der Waals surface area contributed by atoms with Gasteiger partial charge in [0.05, 0.1) is 32.5 Å². The molecular formula is C25H34N12O5. The number of nitrogens with one attached hydrogen (secondary N) is 2. The third-order valence-electron chi connectivity index (χ3n) is 7.28. The molecule has 0 bridgehead atoms. The van der Waals surface area contributed by atoms with Crippen molar-refractivity contribution >= 4 is 45.9 Å². The molecule has 42 heavy (non-hydrogen) atoms. The zero-order valence-electron chi connectivity index (χ0n) is 23.1. The first-order chi connectivity index (χ1) is 20.5. The van der Waals surface area contributed by atoms with Crippen molar-refractivity contribution in [1.82, 2.24) is 39.0 Å². The highest BCUT2D eigenvalue weighted by atomic mass is 16.7. The lowest BCUT2D eigenvalue weighted by Gasteiger charge is -2.12. The number of anilines is 4. The van der Waals surface area contributed by atoms with E-state index in [0.29, 0.717) is 53.7 Å². The molecular weight excluding hydrogens is 548 g/mol. The first-order valence-electron chi connectivity index (χ1n) is 14.2. The molecule has 4 fully saturated rings. The number of nitrogen functional groups attached to an aromatic ring is 2. The van der Waals surface area contributed by atoms with Crippen LogP contribution < -0.4 is 22.1 Å². The Morgan fingerprint density at radius 2 is 1.26 bits per heavy atom. The van der Waals surface area contributed by atoms with Gasteiger partial charge in [-0.1, -0.05) is 6.92 Å². The largest absolute Gasteiger partial charge is 0.391 e. The minimum Gasteiger partial charge on any atom is -0.391 e. The zero-order chi connectivity index (χ0) is 28.8. The minimum absolute atomic E-state index is 0.171. The van der Waals surface area contributed by atoms with Crippen molar-refractivity contribution in [3.63, 3.8) is 0 Å². The maximum atomic E-state index is 9.06.